The third-order valence-electron chi connectivity index (χ3n) is 4.79. The van der Waals surface area contributed by atoms with Crippen molar-refractivity contribution in [1.82, 2.24) is 4.90 Å². The van der Waals surface area contributed by atoms with Crippen LogP contribution >= 0.6 is 11.8 Å². The Morgan fingerprint density at radius 3 is 2.75 bits per heavy atom. The lowest BCUT2D eigenvalue weighted by Crippen LogP contribution is -2.46. The Hall–Kier alpha value is -1.69. The van der Waals surface area contributed by atoms with Crippen LogP contribution in [0.2, 0.25) is 0 Å². The first-order chi connectivity index (χ1) is 11.6. The predicted molar refractivity (Wildman–Crippen MR) is 96.3 cm³/mol. The summed E-state index contributed by atoms with van der Waals surface area (Å²) >= 11 is 1.64. The Labute approximate surface area is 147 Å². The number of methoxy groups -OCH3 is 1. The van der Waals surface area contributed by atoms with E-state index in [1.54, 1.807) is 23.8 Å². The summed E-state index contributed by atoms with van der Waals surface area (Å²) in [6.07, 6.45) is 4.16. The zero-order valence-electron chi connectivity index (χ0n) is 14.2. The minimum absolute atomic E-state index is 0.105. The topological polar surface area (TPSA) is 58.6 Å². The van der Waals surface area contributed by atoms with Gasteiger partial charge in [0.05, 0.1) is 18.7 Å². The average molecular weight is 348 g/mol. The second kappa shape index (κ2) is 7.47. The molecule has 1 saturated heterocycles. The highest BCUT2D eigenvalue weighted by Gasteiger charge is 2.38. The molecule has 0 aromatic heterocycles. The zero-order valence-corrected chi connectivity index (χ0v) is 15.0. The van der Waals surface area contributed by atoms with Gasteiger partial charge in [0.2, 0.25) is 11.8 Å². The summed E-state index contributed by atoms with van der Waals surface area (Å²) in [5, 5.41) is 2.93. The first kappa shape index (κ1) is 17.1. The highest BCUT2D eigenvalue weighted by atomic mass is 32.2. The molecule has 1 aromatic carbocycles. The Kier molecular flexibility index (Phi) is 5.33. The summed E-state index contributed by atoms with van der Waals surface area (Å²) in [5.41, 5.74) is 1.72. The van der Waals surface area contributed by atoms with Crippen molar-refractivity contribution in [3.05, 3.63) is 23.8 Å². The van der Waals surface area contributed by atoms with E-state index in [9.17, 15) is 9.59 Å². The molecule has 3 rings (SSSR count). The van der Waals surface area contributed by atoms with Crippen molar-refractivity contribution in [2.75, 3.05) is 24.1 Å². The molecule has 24 heavy (non-hydrogen) atoms. The molecule has 5 nitrogen and oxygen atoms in total. The van der Waals surface area contributed by atoms with Gasteiger partial charge in [0.25, 0.3) is 0 Å². The van der Waals surface area contributed by atoms with Crippen molar-refractivity contribution >= 4 is 29.3 Å². The van der Waals surface area contributed by atoms with E-state index in [4.69, 9.17) is 4.74 Å². The molecule has 0 bridgehead atoms. The Morgan fingerprint density at radius 1 is 1.29 bits per heavy atom. The number of rotatable bonds is 4. The number of aryl methyl sites for hydroxylation is 1. The molecule has 1 N–H and O–H groups in total. The van der Waals surface area contributed by atoms with Crippen molar-refractivity contribution in [2.24, 2.45) is 5.92 Å². The van der Waals surface area contributed by atoms with E-state index in [0.29, 0.717) is 23.1 Å². The number of thioether (sulfide) groups is 1. The number of anilines is 1. The molecule has 6 heteroatoms. The molecule has 1 atom stereocenters. The Balaban J connectivity index is 1.70. The molecule has 2 amide bonds. The van der Waals surface area contributed by atoms with Gasteiger partial charge in [-0.2, -0.15) is 0 Å². The number of nitrogens with zero attached hydrogens (tertiary/aromatic N) is 1. The fourth-order valence-corrected chi connectivity index (χ4v) is 4.57. The molecule has 0 radical (unpaired) electrons. The number of benzene rings is 1. The molecule has 1 heterocycles. The summed E-state index contributed by atoms with van der Waals surface area (Å²) in [6.45, 7) is 1.98. The third-order valence-corrected chi connectivity index (χ3v) is 5.80. The smallest absolute Gasteiger partial charge is 0.248 e. The summed E-state index contributed by atoms with van der Waals surface area (Å²) < 4.78 is 5.34. The maximum absolute atomic E-state index is 12.7. The molecule has 1 aliphatic heterocycles. The van der Waals surface area contributed by atoms with Crippen LogP contribution < -0.4 is 10.1 Å². The quantitative estimate of drug-likeness (QED) is 0.909. The summed E-state index contributed by atoms with van der Waals surface area (Å²) in [7, 11) is 1.59. The van der Waals surface area contributed by atoms with Gasteiger partial charge in [-0.1, -0.05) is 18.9 Å². The molecular formula is C18H24N2O3S. The van der Waals surface area contributed by atoms with Crippen LogP contribution in [0.3, 0.4) is 0 Å². The molecule has 0 spiro atoms. The lowest BCUT2D eigenvalue weighted by molar-refractivity contribution is -0.139. The summed E-state index contributed by atoms with van der Waals surface area (Å²) in [5.74, 6) is 2.02. The number of carbonyl (C=O) groups is 2. The van der Waals surface area contributed by atoms with Gasteiger partial charge in [0.1, 0.15) is 11.8 Å². The number of hydrogen-bond donors (Lipinski definition) is 1. The van der Waals surface area contributed by atoms with E-state index in [1.807, 2.05) is 25.1 Å². The molecule has 130 valence electrons. The van der Waals surface area contributed by atoms with E-state index in [-0.39, 0.29) is 17.7 Å². The first-order valence-corrected chi connectivity index (χ1v) is 9.59. The lowest BCUT2D eigenvalue weighted by Gasteiger charge is -2.26. The normalized spacial score (nSPS) is 21.1. The number of hydrogen-bond acceptors (Lipinski definition) is 4. The number of amides is 2. The number of carbonyl (C=O) groups excluding carboxylic acids is 2. The van der Waals surface area contributed by atoms with Crippen molar-refractivity contribution in [2.45, 2.75) is 38.6 Å². The standard InChI is InChI=1S/C18H24N2O3S/c1-12-7-8-14(16(9-12)23-2)19-17(21)15-10-24-11-20(15)18(22)13-5-3-4-6-13/h7-9,13,15H,3-6,10-11H2,1-2H3,(H,19,21)/t15-/m1/s1. The molecule has 2 fully saturated rings. The van der Waals surface area contributed by atoms with E-state index in [2.05, 4.69) is 5.32 Å². The third kappa shape index (κ3) is 3.53. The van der Waals surface area contributed by atoms with Gasteiger partial charge in [0.15, 0.2) is 0 Å². The lowest BCUT2D eigenvalue weighted by atomic mass is 10.1. The van der Waals surface area contributed by atoms with Gasteiger partial charge in [-0.05, 0) is 37.5 Å². The Bertz CT molecular complexity index is 629. The average Bonchev–Trinajstić information content (AvgIpc) is 3.27. The van der Waals surface area contributed by atoms with Crippen LogP contribution in [0.25, 0.3) is 0 Å². The van der Waals surface area contributed by atoms with Crippen LogP contribution in [0.1, 0.15) is 31.2 Å². The van der Waals surface area contributed by atoms with E-state index in [1.165, 1.54) is 0 Å². The van der Waals surface area contributed by atoms with Crippen LogP contribution in [0.4, 0.5) is 5.69 Å². The minimum Gasteiger partial charge on any atom is -0.495 e. The van der Waals surface area contributed by atoms with Crippen molar-refractivity contribution in [3.63, 3.8) is 0 Å². The van der Waals surface area contributed by atoms with Crippen LogP contribution in [0.5, 0.6) is 5.75 Å². The molecule has 0 unspecified atom stereocenters. The van der Waals surface area contributed by atoms with Gasteiger partial charge in [-0.3, -0.25) is 9.59 Å². The summed E-state index contributed by atoms with van der Waals surface area (Å²) in [6, 6.07) is 5.27. The molecule has 1 aromatic rings. The minimum atomic E-state index is -0.394. The Morgan fingerprint density at radius 2 is 2.04 bits per heavy atom. The fraction of sp³-hybridized carbons (Fsp3) is 0.556. The van der Waals surface area contributed by atoms with Crippen molar-refractivity contribution in [1.29, 1.82) is 0 Å². The largest absolute Gasteiger partial charge is 0.495 e. The fourth-order valence-electron chi connectivity index (χ4n) is 3.40. The summed E-state index contributed by atoms with van der Waals surface area (Å²) in [4.78, 5) is 27.2. The second-order valence-electron chi connectivity index (χ2n) is 6.50. The van der Waals surface area contributed by atoms with E-state index < -0.39 is 6.04 Å². The van der Waals surface area contributed by atoms with Gasteiger partial charge < -0.3 is 15.0 Å². The van der Waals surface area contributed by atoms with Gasteiger partial charge in [-0.25, -0.2) is 0 Å². The number of nitrogens with one attached hydrogen (secondary N) is 1. The highest BCUT2D eigenvalue weighted by molar-refractivity contribution is 7.99. The van der Waals surface area contributed by atoms with Crippen LogP contribution in [0, 0.1) is 12.8 Å². The maximum atomic E-state index is 12.7. The highest BCUT2D eigenvalue weighted by Crippen LogP contribution is 2.32. The van der Waals surface area contributed by atoms with E-state index >= 15 is 0 Å². The van der Waals surface area contributed by atoms with Gasteiger partial charge in [0, 0.05) is 11.7 Å². The number of ether oxygens (including phenoxy) is 1. The SMILES string of the molecule is COc1cc(C)ccc1NC(=O)[C@H]1CSCN1C(=O)C1CCCC1. The molecule has 1 aliphatic carbocycles. The predicted octanol–water partition coefficient (Wildman–Crippen LogP) is 3.03. The van der Waals surface area contributed by atoms with Crippen LogP contribution in [-0.2, 0) is 9.59 Å². The van der Waals surface area contributed by atoms with Gasteiger partial charge >= 0.3 is 0 Å². The zero-order chi connectivity index (χ0) is 17.1. The first-order valence-electron chi connectivity index (χ1n) is 8.44. The maximum Gasteiger partial charge on any atom is 0.248 e. The van der Waals surface area contributed by atoms with Crippen molar-refractivity contribution in [3.8, 4) is 5.75 Å². The van der Waals surface area contributed by atoms with Crippen LogP contribution in [-0.4, -0.2) is 41.5 Å². The molecule has 1 saturated carbocycles. The van der Waals surface area contributed by atoms with E-state index in [0.717, 1.165) is 31.2 Å². The molecule has 2 aliphatic rings. The second-order valence-corrected chi connectivity index (χ2v) is 7.50. The van der Waals surface area contributed by atoms with Crippen LogP contribution in [0.15, 0.2) is 18.2 Å². The molecular weight excluding hydrogens is 324 g/mol. The van der Waals surface area contributed by atoms with Crippen molar-refractivity contribution < 1.29 is 14.3 Å². The van der Waals surface area contributed by atoms with Gasteiger partial charge in [-0.15, -0.1) is 11.8 Å². The monoisotopic (exact) mass is 348 g/mol.